The molecule has 12 rings (SSSR count). The van der Waals surface area contributed by atoms with Gasteiger partial charge in [-0.3, -0.25) is 0 Å². The molecule has 62 heavy (non-hydrogen) atoms. The summed E-state index contributed by atoms with van der Waals surface area (Å²) in [5, 5.41) is 10.1. The van der Waals surface area contributed by atoms with Crippen molar-refractivity contribution in [2.24, 2.45) is 0 Å². The van der Waals surface area contributed by atoms with Gasteiger partial charge >= 0.3 is 0 Å². The Morgan fingerprint density at radius 2 is 0.758 bits per heavy atom. The lowest BCUT2D eigenvalue weighted by atomic mass is 9.85. The number of hydrogen-bond acceptors (Lipinski definition) is 2. The normalized spacial score (nSPS) is 11.5. The summed E-state index contributed by atoms with van der Waals surface area (Å²) in [4.78, 5) is 2.46. The number of nitrogens with zero attached hydrogens (tertiary/aromatic N) is 1. The van der Waals surface area contributed by atoms with E-state index >= 15 is 0 Å². The zero-order valence-corrected chi connectivity index (χ0v) is 34.7. The van der Waals surface area contributed by atoms with E-state index in [1.165, 1.54) is 103 Å². The molecule has 0 saturated carbocycles. The molecule has 0 unspecified atom stereocenters. The fourth-order valence-electron chi connectivity index (χ4n) is 9.52. The van der Waals surface area contributed by atoms with Crippen LogP contribution >= 0.6 is 11.3 Å². The van der Waals surface area contributed by atoms with Crippen LogP contribution in [0.25, 0.3) is 97.0 Å². The molecule has 0 aliphatic carbocycles. The monoisotopic (exact) mass is 805 g/mol. The molecule has 2 heteroatoms. The summed E-state index contributed by atoms with van der Waals surface area (Å²) in [6.45, 7) is 0. The second kappa shape index (κ2) is 15.0. The van der Waals surface area contributed by atoms with Crippen LogP contribution in [0.4, 0.5) is 17.1 Å². The molecular formula is C60H39NS. The lowest BCUT2D eigenvalue weighted by molar-refractivity contribution is 1.30. The molecule has 0 spiro atoms. The summed E-state index contributed by atoms with van der Waals surface area (Å²) >= 11 is 1.87. The van der Waals surface area contributed by atoms with Gasteiger partial charge in [0.05, 0.1) is 10.4 Å². The van der Waals surface area contributed by atoms with Gasteiger partial charge in [-0.1, -0.05) is 188 Å². The molecule has 0 aliphatic rings. The number of hydrogen-bond donors (Lipinski definition) is 0. The van der Waals surface area contributed by atoms with E-state index in [2.05, 4.69) is 241 Å². The van der Waals surface area contributed by atoms with Gasteiger partial charge in [0.2, 0.25) is 0 Å². The summed E-state index contributed by atoms with van der Waals surface area (Å²) in [6.07, 6.45) is 0. The minimum Gasteiger partial charge on any atom is -0.309 e. The van der Waals surface area contributed by atoms with E-state index in [4.69, 9.17) is 0 Å². The van der Waals surface area contributed by atoms with E-state index in [0.717, 1.165) is 11.4 Å². The van der Waals surface area contributed by atoms with E-state index in [9.17, 15) is 0 Å². The van der Waals surface area contributed by atoms with Crippen molar-refractivity contribution >= 4 is 80.9 Å². The fraction of sp³-hybridized carbons (Fsp3) is 0. The highest BCUT2D eigenvalue weighted by atomic mass is 32.1. The van der Waals surface area contributed by atoms with Crippen LogP contribution in [0.1, 0.15) is 0 Å². The average molecular weight is 806 g/mol. The standard InChI is InChI=1S/C60H39NS/c1-3-15-40(16-4-1)43-29-31-46-38-44(30-32-45(46)37-43)41-33-35-48(36-34-41)61(56-27-14-26-55-52-23-11-12-28-57(52)62-60(55)56)49-20-13-19-47(39-49)59-54-25-10-8-22-51(54)50-21-7-9-24-53(50)58(59)42-17-5-2-6-18-42/h1-39H. The summed E-state index contributed by atoms with van der Waals surface area (Å²) in [7, 11) is 0. The second-order valence-corrected chi connectivity index (χ2v) is 17.1. The Labute approximate surface area is 365 Å². The quantitative estimate of drug-likeness (QED) is 0.145. The third kappa shape index (κ3) is 6.15. The van der Waals surface area contributed by atoms with Gasteiger partial charge < -0.3 is 4.90 Å². The summed E-state index contributed by atoms with van der Waals surface area (Å²) in [6, 6.07) is 86.7. The van der Waals surface area contributed by atoms with Gasteiger partial charge in [0.15, 0.2) is 0 Å². The molecule has 0 saturated heterocycles. The molecule has 1 heterocycles. The lowest BCUT2D eigenvalue weighted by Crippen LogP contribution is -2.10. The molecule has 0 amide bonds. The zero-order valence-electron chi connectivity index (χ0n) is 33.9. The molecular weight excluding hydrogens is 767 g/mol. The predicted octanol–water partition coefficient (Wildman–Crippen LogP) is 17.7. The predicted molar refractivity (Wildman–Crippen MR) is 268 cm³/mol. The third-order valence-corrected chi connectivity index (χ3v) is 13.6. The van der Waals surface area contributed by atoms with Gasteiger partial charge in [-0.05, 0) is 125 Å². The fourth-order valence-corrected chi connectivity index (χ4v) is 10.7. The van der Waals surface area contributed by atoms with Crippen LogP contribution in [-0.4, -0.2) is 0 Å². The Morgan fingerprint density at radius 3 is 1.42 bits per heavy atom. The first-order valence-electron chi connectivity index (χ1n) is 21.2. The number of anilines is 3. The Balaban J connectivity index is 1.03. The van der Waals surface area contributed by atoms with Gasteiger partial charge in [-0.25, -0.2) is 0 Å². The van der Waals surface area contributed by atoms with Crippen LogP contribution in [-0.2, 0) is 0 Å². The first-order valence-corrected chi connectivity index (χ1v) is 22.1. The molecule has 1 nitrogen and oxygen atoms in total. The second-order valence-electron chi connectivity index (χ2n) is 16.0. The maximum absolute atomic E-state index is 2.46. The molecule has 0 N–H and O–H groups in total. The first-order chi connectivity index (χ1) is 30.7. The zero-order chi connectivity index (χ0) is 41.0. The molecule has 1 aromatic heterocycles. The van der Waals surface area contributed by atoms with Crippen molar-refractivity contribution in [3.05, 3.63) is 237 Å². The molecule has 11 aromatic carbocycles. The van der Waals surface area contributed by atoms with Crippen LogP contribution < -0.4 is 4.90 Å². The van der Waals surface area contributed by atoms with Gasteiger partial charge in [0, 0.05) is 26.8 Å². The van der Waals surface area contributed by atoms with E-state index in [0.29, 0.717) is 0 Å². The summed E-state index contributed by atoms with van der Waals surface area (Å²) in [5.41, 5.74) is 13.1. The number of benzene rings is 11. The topological polar surface area (TPSA) is 3.24 Å². The van der Waals surface area contributed by atoms with Crippen LogP contribution in [0.15, 0.2) is 237 Å². The van der Waals surface area contributed by atoms with Gasteiger partial charge in [0.1, 0.15) is 0 Å². The molecule has 12 aromatic rings. The molecule has 0 bridgehead atoms. The third-order valence-electron chi connectivity index (χ3n) is 12.4. The highest BCUT2D eigenvalue weighted by Gasteiger charge is 2.22. The Morgan fingerprint density at radius 1 is 0.274 bits per heavy atom. The average Bonchev–Trinajstić information content (AvgIpc) is 3.74. The maximum Gasteiger partial charge on any atom is 0.0640 e. The minimum atomic E-state index is 1.11. The van der Waals surface area contributed by atoms with E-state index in [1.807, 2.05) is 11.3 Å². The maximum atomic E-state index is 2.46. The van der Waals surface area contributed by atoms with Crippen molar-refractivity contribution in [3.8, 4) is 44.5 Å². The van der Waals surface area contributed by atoms with Crippen molar-refractivity contribution in [3.63, 3.8) is 0 Å². The first kappa shape index (κ1) is 36.1. The number of rotatable bonds is 7. The van der Waals surface area contributed by atoms with Crippen molar-refractivity contribution in [1.29, 1.82) is 0 Å². The van der Waals surface area contributed by atoms with Crippen molar-refractivity contribution in [2.45, 2.75) is 0 Å². The van der Waals surface area contributed by atoms with E-state index in [-0.39, 0.29) is 0 Å². The molecule has 0 atom stereocenters. The summed E-state index contributed by atoms with van der Waals surface area (Å²) < 4.78 is 2.56. The Hall–Kier alpha value is -7.78. The molecule has 0 aliphatic heterocycles. The summed E-state index contributed by atoms with van der Waals surface area (Å²) in [5.74, 6) is 0. The molecule has 0 fully saturated rings. The van der Waals surface area contributed by atoms with Gasteiger partial charge in [0.25, 0.3) is 0 Å². The van der Waals surface area contributed by atoms with Gasteiger partial charge in [-0.2, -0.15) is 0 Å². The van der Waals surface area contributed by atoms with E-state index < -0.39 is 0 Å². The Bertz CT molecular complexity index is 3620. The van der Waals surface area contributed by atoms with Crippen LogP contribution in [0.3, 0.4) is 0 Å². The van der Waals surface area contributed by atoms with Crippen molar-refractivity contribution in [1.82, 2.24) is 0 Å². The Kier molecular flexibility index (Phi) is 8.76. The van der Waals surface area contributed by atoms with Crippen LogP contribution in [0.5, 0.6) is 0 Å². The lowest BCUT2D eigenvalue weighted by Gasteiger charge is -2.27. The highest BCUT2D eigenvalue weighted by molar-refractivity contribution is 7.26. The van der Waals surface area contributed by atoms with E-state index in [1.54, 1.807) is 0 Å². The largest absolute Gasteiger partial charge is 0.309 e. The molecule has 0 radical (unpaired) electrons. The smallest absolute Gasteiger partial charge is 0.0640 e. The highest BCUT2D eigenvalue weighted by Crippen LogP contribution is 2.48. The van der Waals surface area contributed by atoms with Crippen molar-refractivity contribution < 1.29 is 0 Å². The minimum absolute atomic E-state index is 1.11. The number of thiophene rings is 1. The van der Waals surface area contributed by atoms with Crippen LogP contribution in [0.2, 0.25) is 0 Å². The van der Waals surface area contributed by atoms with Crippen LogP contribution in [0, 0.1) is 0 Å². The van der Waals surface area contributed by atoms with Crippen molar-refractivity contribution in [2.75, 3.05) is 4.90 Å². The van der Waals surface area contributed by atoms with Gasteiger partial charge in [-0.15, -0.1) is 11.3 Å². The number of fused-ring (bicyclic) bond motifs is 7. The molecule has 290 valence electrons. The SMILES string of the molecule is c1ccc(-c2ccc3cc(-c4ccc(N(c5cccc(-c6c(-c7ccccc7)c7ccccc7c7ccccc67)c5)c5cccc6c5sc5ccccc56)cc4)ccc3c2)cc1.